The van der Waals surface area contributed by atoms with Gasteiger partial charge in [0.2, 0.25) is 5.95 Å². The van der Waals surface area contributed by atoms with Crippen molar-refractivity contribution < 1.29 is 9.84 Å². The summed E-state index contributed by atoms with van der Waals surface area (Å²) in [5.74, 6) is 1.87. The van der Waals surface area contributed by atoms with E-state index in [4.69, 9.17) is 4.74 Å². The molecule has 4 rings (SSSR count). The molecule has 3 aromatic rings. The number of methoxy groups -OCH3 is 1. The summed E-state index contributed by atoms with van der Waals surface area (Å²) < 4.78 is 5.40. The van der Waals surface area contributed by atoms with E-state index < -0.39 is 0 Å². The molecular formula is C22H26N6O2. The Labute approximate surface area is 175 Å². The maximum atomic E-state index is 9.68. The van der Waals surface area contributed by atoms with Gasteiger partial charge in [0.1, 0.15) is 23.2 Å². The molecule has 0 bridgehead atoms. The highest BCUT2D eigenvalue weighted by molar-refractivity contribution is 5.88. The fourth-order valence-corrected chi connectivity index (χ4v) is 3.94. The molecule has 0 aliphatic heterocycles. The van der Waals surface area contributed by atoms with Crippen LogP contribution in [0.1, 0.15) is 36.8 Å². The number of benzene rings is 1. The molecule has 1 aromatic carbocycles. The lowest BCUT2D eigenvalue weighted by molar-refractivity contribution is 0.126. The molecular weight excluding hydrogens is 380 g/mol. The second-order valence-corrected chi connectivity index (χ2v) is 7.59. The molecule has 8 nitrogen and oxygen atoms in total. The number of nitrogens with one attached hydrogen (secondary N) is 3. The Morgan fingerprint density at radius 3 is 2.90 bits per heavy atom. The van der Waals surface area contributed by atoms with Gasteiger partial charge in [0.05, 0.1) is 24.9 Å². The van der Waals surface area contributed by atoms with E-state index in [2.05, 4.69) is 37.7 Å². The number of aliphatic hydroxyl groups is 1. The van der Waals surface area contributed by atoms with Crippen molar-refractivity contribution in [3.8, 4) is 11.8 Å². The molecule has 0 radical (unpaired) electrons. The van der Waals surface area contributed by atoms with Crippen LogP contribution < -0.4 is 15.4 Å². The fraction of sp³-hybridized carbons (Fsp3) is 0.409. The first-order valence-corrected chi connectivity index (χ1v) is 10.3. The van der Waals surface area contributed by atoms with Gasteiger partial charge in [-0.3, -0.25) is 0 Å². The van der Waals surface area contributed by atoms with E-state index in [-0.39, 0.29) is 12.1 Å². The van der Waals surface area contributed by atoms with Crippen LogP contribution in [0.2, 0.25) is 0 Å². The number of nitrogens with zero attached hydrogens (tertiary/aromatic N) is 3. The standard InChI is InChI=1S/C22H26N6O2/c1-30-19-4-2-3-18-14(12-25-20(18)19)9-10-24-22-26-13-15(11-23)21(28-22)27-16-5-7-17(29)8-6-16/h2-4,12-13,16-17,25,29H,5-10H2,1H3,(H2,24,26,27,28). The smallest absolute Gasteiger partial charge is 0.224 e. The van der Waals surface area contributed by atoms with Crippen LogP contribution in [0.4, 0.5) is 11.8 Å². The first-order chi connectivity index (χ1) is 14.7. The summed E-state index contributed by atoms with van der Waals surface area (Å²) in [4.78, 5) is 12.1. The van der Waals surface area contributed by atoms with E-state index in [1.54, 1.807) is 13.3 Å². The van der Waals surface area contributed by atoms with Gasteiger partial charge in [0, 0.05) is 24.2 Å². The molecule has 30 heavy (non-hydrogen) atoms. The van der Waals surface area contributed by atoms with Gasteiger partial charge >= 0.3 is 0 Å². The predicted octanol–water partition coefficient (Wildman–Crippen LogP) is 3.21. The Bertz CT molecular complexity index is 1050. The van der Waals surface area contributed by atoms with Crippen LogP contribution in [0, 0.1) is 11.3 Å². The average Bonchev–Trinajstić information content (AvgIpc) is 3.19. The van der Waals surface area contributed by atoms with Crippen LogP contribution in [0.3, 0.4) is 0 Å². The van der Waals surface area contributed by atoms with Gasteiger partial charge in [-0.25, -0.2) is 4.98 Å². The Morgan fingerprint density at radius 2 is 2.13 bits per heavy atom. The molecule has 1 aliphatic carbocycles. The lowest BCUT2D eigenvalue weighted by Gasteiger charge is -2.26. The Balaban J connectivity index is 1.41. The van der Waals surface area contributed by atoms with Crippen LogP contribution in [0.25, 0.3) is 10.9 Å². The van der Waals surface area contributed by atoms with E-state index in [9.17, 15) is 10.4 Å². The molecule has 2 aromatic heterocycles. The summed E-state index contributed by atoms with van der Waals surface area (Å²) in [6.45, 7) is 0.658. The normalized spacial score (nSPS) is 18.7. The van der Waals surface area contributed by atoms with Crippen LogP contribution in [0.5, 0.6) is 5.75 Å². The largest absolute Gasteiger partial charge is 0.495 e. The number of ether oxygens (including phenoxy) is 1. The molecule has 8 heteroatoms. The Kier molecular flexibility index (Phi) is 6.00. The van der Waals surface area contributed by atoms with Gasteiger partial charge in [-0.05, 0) is 43.7 Å². The molecule has 0 spiro atoms. The van der Waals surface area contributed by atoms with Crippen LogP contribution >= 0.6 is 0 Å². The number of fused-ring (bicyclic) bond motifs is 1. The zero-order chi connectivity index (χ0) is 20.9. The van der Waals surface area contributed by atoms with E-state index >= 15 is 0 Å². The zero-order valence-electron chi connectivity index (χ0n) is 17.0. The first kappa shape index (κ1) is 20.0. The number of H-pyrrole nitrogens is 1. The van der Waals surface area contributed by atoms with Crippen LogP contribution in [-0.4, -0.2) is 45.9 Å². The second kappa shape index (κ2) is 9.01. The summed E-state index contributed by atoms with van der Waals surface area (Å²) in [6.07, 6.45) is 7.39. The molecule has 1 fully saturated rings. The third-order valence-electron chi connectivity index (χ3n) is 5.61. The number of anilines is 2. The lowest BCUT2D eigenvalue weighted by atomic mass is 9.93. The van der Waals surface area contributed by atoms with Crippen molar-refractivity contribution >= 4 is 22.7 Å². The predicted molar refractivity (Wildman–Crippen MR) is 116 cm³/mol. The highest BCUT2D eigenvalue weighted by atomic mass is 16.5. The summed E-state index contributed by atoms with van der Waals surface area (Å²) in [6, 6.07) is 8.36. The minimum Gasteiger partial charge on any atom is -0.495 e. The highest BCUT2D eigenvalue weighted by Gasteiger charge is 2.20. The number of rotatable bonds is 7. The zero-order valence-corrected chi connectivity index (χ0v) is 17.0. The van der Waals surface area contributed by atoms with Crippen molar-refractivity contribution in [1.82, 2.24) is 15.0 Å². The minimum absolute atomic E-state index is 0.212. The number of hydrogen-bond acceptors (Lipinski definition) is 7. The van der Waals surface area contributed by atoms with Crippen LogP contribution in [0.15, 0.2) is 30.6 Å². The molecule has 0 saturated heterocycles. The quantitative estimate of drug-likeness (QED) is 0.476. The summed E-state index contributed by atoms with van der Waals surface area (Å²) in [7, 11) is 1.67. The molecule has 2 heterocycles. The molecule has 0 atom stereocenters. The third kappa shape index (κ3) is 4.31. The number of hydrogen-bond donors (Lipinski definition) is 4. The number of nitriles is 1. The lowest BCUT2D eigenvalue weighted by Crippen LogP contribution is -2.29. The van der Waals surface area contributed by atoms with Gasteiger partial charge < -0.3 is 25.5 Å². The summed E-state index contributed by atoms with van der Waals surface area (Å²) in [5.41, 5.74) is 2.60. The van der Waals surface area contributed by atoms with Crippen molar-refractivity contribution in [1.29, 1.82) is 5.26 Å². The number of aromatic nitrogens is 3. The first-order valence-electron chi connectivity index (χ1n) is 10.3. The highest BCUT2D eigenvalue weighted by Crippen LogP contribution is 2.27. The van der Waals surface area contributed by atoms with Gasteiger partial charge in [-0.15, -0.1) is 0 Å². The maximum Gasteiger partial charge on any atom is 0.224 e. The van der Waals surface area contributed by atoms with Crippen LogP contribution in [-0.2, 0) is 6.42 Å². The van der Waals surface area contributed by atoms with Crippen molar-refractivity contribution in [3.63, 3.8) is 0 Å². The summed E-state index contributed by atoms with van der Waals surface area (Å²) >= 11 is 0. The van der Waals surface area contributed by atoms with Crippen molar-refractivity contribution in [2.45, 2.75) is 44.2 Å². The molecule has 156 valence electrons. The molecule has 4 N–H and O–H groups in total. The van der Waals surface area contributed by atoms with Gasteiger partial charge in [0.25, 0.3) is 0 Å². The molecule has 1 saturated carbocycles. The van der Waals surface area contributed by atoms with Crippen molar-refractivity contribution in [2.24, 2.45) is 0 Å². The monoisotopic (exact) mass is 406 g/mol. The average molecular weight is 406 g/mol. The van der Waals surface area contributed by atoms with Crippen molar-refractivity contribution in [3.05, 3.63) is 41.7 Å². The summed E-state index contributed by atoms with van der Waals surface area (Å²) in [5, 5.41) is 26.8. The topological polar surface area (TPSA) is 119 Å². The van der Waals surface area contributed by atoms with Gasteiger partial charge in [-0.1, -0.05) is 12.1 Å². The Morgan fingerprint density at radius 1 is 1.30 bits per heavy atom. The maximum absolute atomic E-state index is 9.68. The molecule has 0 amide bonds. The number of para-hydroxylation sites is 1. The van der Waals surface area contributed by atoms with E-state index in [0.29, 0.717) is 23.9 Å². The number of aromatic amines is 1. The number of aliphatic hydroxyl groups excluding tert-OH is 1. The fourth-order valence-electron chi connectivity index (χ4n) is 3.94. The van der Waals surface area contributed by atoms with E-state index in [1.807, 2.05) is 18.3 Å². The van der Waals surface area contributed by atoms with E-state index in [1.165, 1.54) is 5.56 Å². The SMILES string of the molecule is COc1cccc2c(CCNc3ncc(C#N)c(NC4CCC(O)CC4)n3)c[nH]c12. The van der Waals surface area contributed by atoms with E-state index in [0.717, 1.165) is 48.8 Å². The molecule has 0 unspecified atom stereocenters. The minimum atomic E-state index is -0.217. The Hall–Kier alpha value is -3.31. The van der Waals surface area contributed by atoms with Gasteiger partial charge in [-0.2, -0.15) is 10.2 Å². The third-order valence-corrected chi connectivity index (χ3v) is 5.61. The van der Waals surface area contributed by atoms with Crippen molar-refractivity contribution in [2.75, 3.05) is 24.3 Å². The second-order valence-electron chi connectivity index (χ2n) is 7.59. The van der Waals surface area contributed by atoms with Gasteiger partial charge in [0.15, 0.2) is 0 Å². The molecule has 1 aliphatic rings.